The number of hydrogen-bond acceptors (Lipinski definition) is 1. The molecule has 0 aromatic carbocycles. The van der Waals surface area contributed by atoms with Crippen molar-refractivity contribution in [3.05, 3.63) is 0 Å². The van der Waals surface area contributed by atoms with E-state index in [0.717, 1.165) is 0 Å². The molecule has 0 amide bonds. The molecule has 0 spiro atoms. The quantitative estimate of drug-likeness (QED) is 0.0707. The van der Waals surface area contributed by atoms with Gasteiger partial charge in [-0.25, -0.2) is 0 Å². The van der Waals surface area contributed by atoms with Crippen molar-refractivity contribution >= 4 is 67.8 Å². The molecule has 0 aliphatic heterocycles. The van der Waals surface area contributed by atoms with Crippen molar-refractivity contribution in [1.29, 1.82) is 0 Å². The van der Waals surface area contributed by atoms with Gasteiger partial charge in [0.05, 0.1) is 5.54 Å². The third kappa shape index (κ3) is 14.1. The maximum absolute atomic E-state index is 7.33. The Morgan fingerprint density at radius 1 is 0.483 bits per heavy atom. The van der Waals surface area contributed by atoms with Gasteiger partial charge in [0.15, 0.2) is 0 Å². The third-order valence-corrected chi connectivity index (χ3v) is 11.4. The lowest BCUT2D eigenvalue weighted by molar-refractivity contribution is 0.357. The van der Waals surface area contributed by atoms with Crippen LogP contribution in [0.4, 0.5) is 0 Å². The highest BCUT2D eigenvalue weighted by Gasteiger charge is 2.44. The monoisotopic (exact) mass is 745 g/mol. The van der Waals surface area contributed by atoms with E-state index in [0.29, 0.717) is 11.8 Å². The van der Waals surface area contributed by atoms with Crippen molar-refractivity contribution in [1.82, 2.24) is 0 Å². The molecule has 3 unspecified atom stereocenters. The summed E-state index contributed by atoms with van der Waals surface area (Å²) < 4.78 is 1.78. The Labute approximate surface area is 225 Å². The number of alkyl halides is 3. The van der Waals surface area contributed by atoms with Crippen LogP contribution in [0.1, 0.15) is 136 Å². The summed E-state index contributed by atoms with van der Waals surface area (Å²) in [6.45, 7) is 6.90. The van der Waals surface area contributed by atoms with E-state index in [1.54, 1.807) is 0 Å². The highest BCUT2D eigenvalue weighted by Crippen LogP contribution is 2.40. The van der Waals surface area contributed by atoms with E-state index in [2.05, 4.69) is 88.5 Å². The summed E-state index contributed by atoms with van der Waals surface area (Å²) in [5.74, 6) is 0. The van der Waals surface area contributed by atoms with Crippen LogP contribution in [0.2, 0.25) is 0 Å². The number of hydrogen-bond donors (Lipinski definition) is 1. The van der Waals surface area contributed by atoms with Crippen molar-refractivity contribution in [3.8, 4) is 0 Å². The molecule has 0 radical (unpaired) electrons. The van der Waals surface area contributed by atoms with Gasteiger partial charge in [0.2, 0.25) is 0 Å². The molecular weight excluding hydrogens is 695 g/mol. The van der Waals surface area contributed by atoms with Crippen molar-refractivity contribution in [3.63, 3.8) is 0 Å². The molecule has 0 heterocycles. The van der Waals surface area contributed by atoms with Gasteiger partial charge in [0.25, 0.3) is 0 Å². The van der Waals surface area contributed by atoms with E-state index in [9.17, 15) is 0 Å². The third-order valence-electron chi connectivity index (χ3n) is 6.31. The lowest BCUT2D eigenvalue weighted by Crippen LogP contribution is -2.61. The Hall–Kier alpha value is 2.15. The normalized spacial score (nSPS) is 17.1. The molecule has 176 valence electrons. The van der Waals surface area contributed by atoms with E-state index in [1.165, 1.54) is 116 Å². The molecule has 1 nitrogen and oxygen atoms in total. The van der Waals surface area contributed by atoms with E-state index in [-0.39, 0.29) is 5.54 Å². The lowest BCUT2D eigenvalue weighted by atomic mass is 9.82. The summed E-state index contributed by atoms with van der Waals surface area (Å²) in [6.07, 6.45) is 24.4. The van der Waals surface area contributed by atoms with Gasteiger partial charge in [-0.05, 0) is 19.3 Å². The molecular formula is C25H50I3N. The summed E-state index contributed by atoms with van der Waals surface area (Å²) in [5, 5.41) is 0. The zero-order valence-corrected chi connectivity index (χ0v) is 26.1. The molecule has 0 aliphatic rings. The maximum Gasteiger partial charge on any atom is 0.0511 e. The molecule has 0 aliphatic carbocycles. The second-order valence-electron chi connectivity index (χ2n) is 9.01. The first kappa shape index (κ1) is 31.1. The number of nitrogens with two attached hydrogens (primary N) is 1. The molecule has 0 saturated carbocycles. The Morgan fingerprint density at radius 3 is 0.966 bits per heavy atom. The standard InChI is InChI=1S/C25H50I3N/c1-4-7-10-13-16-19-22(26)25(29,23(27)20-17-14-11-8-5-2)24(28)21-18-15-12-9-6-3/h22-24H,4-21,29H2,1-3H3. The van der Waals surface area contributed by atoms with E-state index < -0.39 is 0 Å². The molecule has 29 heavy (non-hydrogen) atoms. The summed E-state index contributed by atoms with van der Waals surface area (Å²) >= 11 is 8.18. The van der Waals surface area contributed by atoms with Crippen molar-refractivity contribution in [2.45, 2.75) is 154 Å². The molecule has 0 aromatic rings. The van der Waals surface area contributed by atoms with E-state index >= 15 is 0 Å². The molecule has 0 bridgehead atoms. The van der Waals surface area contributed by atoms with Crippen LogP contribution in [-0.2, 0) is 0 Å². The zero-order valence-electron chi connectivity index (χ0n) is 19.7. The van der Waals surface area contributed by atoms with Crippen molar-refractivity contribution in [2.75, 3.05) is 0 Å². The van der Waals surface area contributed by atoms with Gasteiger partial charge in [-0.15, -0.1) is 0 Å². The van der Waals surface area contributed by atoms with Gasteiger partial charge in [-0.3, -0.25) is 0 Å². The van der Waals surface area contributed by atoms with Crippen LogP contribution in [-0.4, -0.2) is 17.3 Å². The van der Waals surface area contributed by atoms with E-state index in [1.807, 2.05) is 0 Å². The SMILES string of the molecule is CCCCCCCC(I)C(N)(C(I)CCCCCCC)C(I)CCCCCCC. The number of halogens is 3. The van der Waals surface area contributed by atoms with Gasteiger partial charge >= 0.3 is 0 Å². The Kier molecular flexibility index (Phi) is 22.3. The zero-order chi connectivity index (χ0) is 22.0. The molecule has 4 heteroatoms. The Bertz CT molecular complexity index is 301. The summed E-state index contributed by atoms with van der Waals surface area (Å²) in [4.78, 5) is 0. The Balaban J connectivity index is 4.75. The second-order valence-corrected chi connectivity index (χ2v) is 13.5. The van der Waals surface area contributed by atoms with Crippen LogP contribution in [0.15, 0.2) is 0 Å². The van der Waals surface area contributed by atoms with Crippen LogP contribution < -0.4 is 5.73 Å². The molecule has 0 aromatic heterocycles. The van der Waals surface area contributed by atoms with Gasteiger partial charge in [-0.1, -0.05) is 185 Å². The predicted octanol–water partition coefficient (Wildman–Crippen LogP) is 10.2. The maximum atomic E-state index is 7.33. The second kappa shape index (κ2) is 20.7. The van der Waals surface area contributed by atoms with Gasteiger partial charge < -0.3 is 5.73 Å². The smallest absolute Gasteiger partial charge is 0.0511 e. The van der Waals surface area contributed by atoms with Crippen molar-refractivity contribution in [2.24, 2.45) is 5.73 Å². The predicted molar refractivity (Wildman–Crippen MR) is 160 cm³/mol. The molecule has 0 saturated heterocycles. The fourth-order valence-corrected chi connectivity index (χ4v) is 10.1. The van der Waals surface area contributed by atoms with Crippen LogP contribution in [0.5, 0.6) is 0 Å². The number of unbranched alkanes of at least 4 members (excludes halogenated alkanes) is 12. The van der Waals surface area contributed by atoms with Crippen LogP contribution in [0, 0.1) is 0 Å². The fourth-order valence-electron chi connectivity index (χ4n) is 4.12. The molecule has 2 N–H and O–H groups in total. The highest BCUT2D eigenvalue weighted by molar-refractivity contribution is 14.1. The largest absolute Gasteiger partial charge is 0.322 e. The lowest BCUT2D eigenvalue weighted by Gasteiger charge is -2.43. The average Bonchev–Trinajstić information content (AvgIpc) is 2.72. The minimum Gasteiger partial charge on any atom is -0.322 e. The van der Waals surface area contributed by atoms with E-state index in [4.69, 9.17) is 5.73 Å². The van der Waals surface area contributed by atoms with Gasteiger partial charge in [-0.2, -0.15) is 0 Å². The molecule has 0 fully saturated rings. The van der Waals surface area contributed by atoms with Crippen LogP contribution >= 0.6 is 67.8 Å². The first-order chi connectivity index (χ1) is 13.9. The summed E-state index contributed by atoms with van der Waals surface area (Å²) in [7, 11) is 0. The fraction of sp³-hybridized carbons (Fsp3) is 1.00. The highest BCUT2D eigenvalue weighted by atomic mass is 127. The average molecular weight is 745 g/mol. The van der Waals surface area contributed by atoms with Crippen molar-refractivity contribution < 1.29 is 0 Å². The minimum absolute atomic E-state index is 0.0258. The number of rotatable bonds is 21. The summed E-state index contributed by atoms with van der Waals surface area (Å²) in [6, 6.07) is 0. The summed E-state index contributed by atoms with van der Waals surface area (Å²) in [5.41, 5.74) is 7.30. The molecule has 3 atom stereocenters. The van der Waals surface area contributed by atoms with Gasteiger partial charge in [0.1, 0.15) is 0 Å². The van der Waals surface area contributed by atoms with Crippen LogP contribution in [0.25, 0.3) is 0 Å². The van der Waals surface area contributed by atoms with Crippen LogP contribution in [0.3, 0.4) is 0 Å². The topological polar surface area (TPSA) is 26.0 Å². The Morgan fingerprint density at radius 2 is 0.724 bits per heavy atom. The van der Waals surface area contributed by atoms with Gasteiger partial charge in [0, 0.05) is 11.8 Å². The molecule has 0 rings (SSSR count). The first-order valence-electron chi connectivity index (χ1n) is 12.7. The minimum atomic E-state index is -0.0258. The first-order valence-corrected chi connectivity index (χ1v) is 16.4.